The Morgan fingerprint density at radius 3 is 1.95 bits per heavy atom. The molecule has 0 unspecified atom stereocenters. The zero-order chi connectivity index (χ0) is 30.7. The average molecular weight is 706 g/mol. The molecule has 0 atom stereocenters. The number of nitro groups is 2. The molecule has 4 N–H and O–H groups in total. The summed E-state index contributed by atoms with van der Waals surface area (Å²) in [6, 6.07) is 6.55. The fourth-order valence-corrected chi connectivity index (χ4v) is 3.55. The number of carbonyl (C=O) groups is 4. The first-order valence-corrected chi connectivity index (χ1v) is 11.9. The van der Waals surface area contributed by atoms with E-state index in [1.165, 1.54) is 32.0 Å². The lowest BCUT2D eigenvalue weighted by molar-refractivity contribution is -0.386. The Kier molecular flexibility index (Phi) is 14.5. The monoisotopic (exact) mass is 704 g/mol. The largest absolute Gasteiger partial charge is 0.502 e. The molecule has 0 radical (unpaired) electrons. The number of phenols is 1. The molecule has 0 fully saturated rings. The summed E-state index contributed by atoms with van der Waals surface area (Å²) in [5, 5.41) is 43.1. The van der Waals surface area contributed by atoms with E-state index in [0.29, 0.717) is 20.6 Å². The van der Waals surface area contributed by atoms with Crippen LogP contribution in [0.25, 0.3) is 11.0 Å². The van der Waals surface area contributed by atoms with E-state index in [1.54, 1.807) is 6.07 Å². The van der Waals surface area contributed by atoms with Crippen molar-refractivity contribution in [1.82, 2.24) is 5.32 Å². The zero-order valence-corrected chi connectivity index (χ0v) is 23.5. The van der Waals surface area contributed by atoms with Crippen LogP contribution in [0, 0.1) is 20.2 Å². The molecule has 18 heteroatoms. The number of hydrogen-bond donors (Lipinski definition) is 4. The number of aromatic hydroxyl groups is 1. The molecule has 0 aliphatic carbocycles. The molecular weight excluding hydrogens is 684 g/mol. The van der Waals surface area contributed by atoms with E-state index in [-0.39, 0.29) is 42.4 Å². The smallest absolute Gasteiger partial charge is 0.360 e. The van der Waals surface area contributed by atoms with Crippen LogP contribution in [-0.4, -0.2) is 50.7 Å². The third kappa shape index (κ3) is 11.5. The van der Waals surface area contributed by atoms with Crippen molar-refractivity contribution < 1.29 is 43.7 Å². The first kappa shape index (κ1) is 36.3. The fraction of sp³-hybridized carbons (Fsp3) is 0.174. The van der Waals surface area contributed by atoms with E-state index in [4.69, 9.17) is 9.52 Å². The molecule has 0 saturated heterocycles. The number of fused-ring (bicyclic) bond motifs is 1. The predicted octanol–water partition coefficient (Wildman–Crippen LogP) is 4.14. The van der Waals surface area contributed by atoms with Crippen LogP contribution in [-0.2, 0) is 14.4 Å². The number of carboxylic acid groups (broad SMARTS) is 1. The number of nitrogens with one attached hydrogen (secondary N) is 2. The van der Waals surface area contributed by atoms with E-state index >= 15 is 0 Å². The summed E-state index contributed by atoms with van der Waals surface area (Å²) in [5.74, 6) is -2.40. The summed E-state index contributed by atoms with van der Waals surface area (Å²) in [6.45, 7) is 2.21. The van der Waals surface area contributed by atoms with Crippen LogP contribution in [0.2, 0.25) is 0 Å². The average Bonchev–Trinajstić information content (AvgIpc) is 2.84. The molecule has 3 aromatic rings. The molecule has 2 amide bonds. The Morgan fingerprint density at radius 2 is 1.51 bits per heavy atom. The van der Waals surface area contributed by atoms with Crippen molar-refractivity contribution in [1.29, 1.82) is 0 Å². The lowest BCUT2D eigenvalue weighted by Crippen LogP contribution is -2.26. The van der Waals surface area contributed by atoms with Gasteiger partial charge in [-0.05, 0) is 18.2 Å². The van der Waals surface area contributed by atoms with Gasteiger partial charge in [0.05, 0.1) is 15.4 Å². The molecule has 0 saturated carbocycles. The van der Waals surface area contributed by atoms with Gasteiger partial charge in [0.15, 0.2) is 6.29 Å². The number of non-ortho nitro benzene ring substituents is 1. The molecular formula is C23H22Br2N4O12. The fourth-order valence-electron chi connectivity index (χ4n) is 2.63. The molecule has 220 valence electrons. The number of carbonyl (C=O) groups excluding carboxylic acids is 3. The Labute approximate surface area is 246 Å². The molecule has 1 heterocycles. The summed E-state index contributed by atoms with van der Waals surface area (Å²) >= 11 is 6.12. The SMILES string of the molecule is C.CC(=O)NCC(=O)O.CC(=O)Nc1cc2cc(Br)cc([N+](=O)[O-])c2oc1=O.O=Cc1cc(Br)cc([N+](=O)[O-])c1O. The molecule has 2 aromatic carbocycles. The van der Waals surface area contributed by atoms with Gasteiger partial charge in [0, 0.05) is 40.3 Å². The standard InChI is InChI=1S/C11H7BrN2O5.C7H4BrNO4.C4H7NO3.CH4/c1-5(15)13-8-3-6-2-7(12)4-9(14(17)18)10(6)19-11(8)16;8-5-1-4(3-10)7(11)6(2-5)9(12)13;1-3(6)5-2-4(7)8;/h2-4H,1H3,(H,13,15);1-3,11H;2H2,1H3,(H,5,6)(H,7,8);1H4. The highest BCUT2D eigenvalue weighted by Crippen LogP contribution is 2.32. The van der Waals surface area contributed by atoms with Crippen molar-refractivity contribution >= 4 is 84.0 Å². The maximum atomic E-state index is 11.6. The van der Waals surface area contributed by atoms with E-state index in [1.807, 2.05) is 0 Å². The van der Waals surface area contributed by atoms with Crippen LogP contribution in [0.5, 0.6) is 5.75 Å². The number of anilines is 1. The Hall–Kier alpha value is -4.71. The van der Waals surface area contributed by atoms with Crippen molar-refractivity contribution in [3.63, 3.8) is 0 Å². The Balaban J connectivity index is 0.000000634. The summed E-state index contributed by atoms with van der Waals surface area (Å²) < 4.78 is 5.75. The number of amides is 2. The maximum absolute atomic E-state index is 11.6. The van der Waals surface area contributed by atoms with Gasteiger partial charge in [0.1, 0.15) is 12.2 Å². The number of hydrogen-bond acceptors (Lipinski definition) is 11. The predicted molar refractivity (Wildman–Crippen MR) is 152 cm³/mol. The van der Waals surface area contributed by atoms with E-state index in [9.17, 15) is 49.3 Å². The number of aldehydes is 1. The minimum atomic E-state index is -1.03. The van der Waals surface area contributed by atoms with Crippen molar-refractivity contribution in [2.75, 3.05) is 11.9 Å². The quantitative estimate of drug-likeness (QED) is 0.122. The van der Waals surface area contributed by atoms with E-state index in [2.05, 4.69) is 42.5 Å². The molecule has 0 bridgehead atoms. The second-order valence-corrected chi connectivity index (χ2v) is 9.10. The van der Waals surface area contributed by atoms with Crippen LogP contribution in [0.15, 0.2) is 48.5 Å². The number of benzene rings is 2. The summed E-state index contributed by atoms with van der Waals surface area (Å²) in [4.78, 5) is 72.4. The van der Waals surface area contributed by atoms with Crippen molar-refractivity contribution in [2.45, 2.75) is 21.3 Å². The third-order valence-electron chi connectivity index (χ3n) is 4.18. The van der Waals surface area contributed by atoms with Crippen LogP contribution in [0.3, 0.4) is 0 Å². The Bertz CT molecular complexity index is 1540. The van der Waals surface area contributed by atoms with E-state index in [0.717, 1.165) is 6.07 Å². The summed E-state index contributed by atoms with van der Waals surface area (Å²) in [6.07, 6.45) is 0.354. The lowest BCUT2D eigenvalue weighted by atomic mass is 10.2. The number of halogens is 2. The highest BCUT2D eigenvalue weighted by atomic mass is 79.9. The first-order chi connectivity index (χ1) is 18.6. The number of nitro benzene ring substituents is 2. The molecule has 3 rings (SSSR count). The summed E-state index contributed by atoms with van der Waals surface area (Å²) in [5.41, 5.74) is -1.96. The molecule has 16 nitrogen and oxygen atoms in total. The minimum absolute atomic E-state index is 0. The van der Waals surface area contributed by atoms with Gasteiger partial charge in [-0.2, -0.15) is 0 Å². The van der Waals surface area contributed by atoms with Crippen molar-refractivity contribution in [2.24, 2.45) is 0 Å². The number of nitrogens with zero attached hydrogens (tertiary/aromatic N) is 2. The third-order valence-corrected chi connectivity index (χ3v) is 5.10. The highest BCUT2D eigenvalue weighted by molar-refractivity contribution is 9.10. The van der Waals surface area contributed by atoms with Gasteiger partial charge in [-0.3, -0.25) is 39.4 Å². The van der Waals surface area contributed by atoms with Gasteiger partial charge in [-0.25, -0.2) is 4.79 Å². The minimum Gasteiger partial charge on any atom is -0.502 e. The molecule has 1 aromatic heterocycles. The van der Waals surface area contributed by atoms with Gasteiger partial charge in [0.25, 0.3) is 0 Å². The number of aliphatic carboxylic acids is 1. The first-order valence-electron chi connectivity index (χ1n) is 10.3. The molecule has 0 aliphatic heterocycles. The molecule has 41 heavy (non-hydrogen) atoms. The van der Waals surface area contributed by atoms with Crippen molar-refractivity contribution in [3.05, 3.63) is 75.5 Å². The highest BCUT2D eigenvalue weighted by Gasteiger charge is 2.19. The second kappa shape index (κ2) is 16.4. The van der Waals surface area contributed by atoms with Crippen molar-refractivity contribution in [3.8, 4) is 5.75 Å². The normalized spacial score (nSPS) is 9.46. The maximum Gasteiger partial charge on any atom is 0.360 e. The van der Waals surface area contributed by atoms with Gasteiger partial charge >= 0.3 is 23.0 Å². The Morgan fingerprint density at radius 1 is 0.976 bits per heavy atom. The van der Waals surface area contributed by atoms with Gasteiger partial charge in [0.2, 0.25) is 23.1 Å². The van der Waals surface area contributed by atoms with Gasteiger partial charge in [-0.1, -0.05) is 39.3 Å². The van der Waals surface area contributed by atoms with Crippen LogP contribution in [0.4, 0.5) is 17.1 Å². The zero-order valence-electron chi connectivity index (χ0n) is 20.3. The number of carboxylic acids is 1. The lowest BCUT2D eigenvalue weighted by Gasteiger charge is -2.03. The number of phenolic OH excluding ortho intramolecular Hbond substituents is 1. The molecule has 0 spiro atoms. The summed E-state index contributed by atoms with van der Waals surface area (Å²) in [7, 11) is 0. The van der Waals surface area contributed by atoms with Gasteiger partial charge < -0.3 is 25.3 Å². The van der Waals surface area contributed by atoms with Crippen LogP contribution < -0.4 is 16.3 Å². The molecule has 0 aliphatic rings. The van der Waals surface area contributed by atoms with Crippen LogP contribution in [0.1, 0.15) is 31.6 Å². The van der Waals surface area contributed by atoms with Gasteiger partial charge in [-0.15, -0.1) is 0 Å². The topological polar surface area (TPSA) is 249 Å². The van der Waals surface area contributed by atoms with Crippen LogP contribution >= 0.6 is 31.9 Å². The van der Waals surface area contributed by atoms with E-state index < -0.39 is 38.8 Å². The number of rotatable bonds is 6. The second-order valence-electron chi connectivity index (χ2n) is 7.27.